The molecular weight excluding hydrogens is 378 g/mol. The molecular formula is C21H24ClN3OS. The number of benzene rings is 1. The number of aromatic nitrogens is 2. The summed E-state index contributed by atoms with van der Waals surface area (Å²) in [5, 5.41) is 9.64. The SMILES string of the molecule is Cc1nn(-c2ccc(Cl)cc2)c2sc(C(=O)N[C@H]3CCC[C@H](C)[C@@H]3C)cc12. The maximum Gasteiger partial charge on any atom is 0.261 e. The van der Waals surface area contributed by atoms with Gasteiger partial charge in [-0.3, -0.25) is 4.79 Å². The summed E-state index contributed by atoms with van der Waals surface area (Å²) in [7, 11) is 0. The second kappa shape index (κ2) is 7.28. The summed E-state index contributed by atoms with van der Waals surface area (Å²) in [6.45, 7) is 6.52. The average molecular weight is 402 g/mol. The van der Waals surface area contributed by atoms with Gasteiger partial charge in [-0.15, -0.1) is 11.3 Å². The van der Waals surface area contributed by atoms with Crippen molar-refractivity contribution in [2.45, 2.75) is 46.1 Å². The second-order valence-electron chi connectivity index (χ2n) is 7.65. The van der Waals surface area contributed by atoms with Gasteiger partial charge in [0.05, 0.1) is 16.3 Å². The van der Waals surface area contributed by atoms with Gasteiger partial charge in [-0.1, -0.05) is 38.3 Å². The highest BCUT2D eigenvalue weighted by molar-refractivity contribution is 7.20. The molecule has 6 heteroatoms. The highest BCUT2D eigenvalue weighted by Gasteiger charge is 2.29. The third-order valence-electron chi connectivity index (χ3n) is 5.86. The fraction of sp³-hybridized carbons (Fsp3) is 0.429. The molecule has 0 spiro atoms. The van der Waals surface area contributed by atoms with Crippen LogP contribution in [-0.4, -0.2) is 21.7 Å². The molecule has 2 heterocycles. The minimum absolute atomic E-state index is 0.0317. The lowest BCUT2D eigenvalue weighted by Gasteiger charge is -2.34. The van der Waals surface area contributed by atoms with Crippen LogP contribution < -0.4 is 5.32 Å². The Morgan fingerprint density at radius 2 is 2.00 bits per heavy atom. The number of nitrogens with zero attached hydrogens (tertiary/aromatic N) is 2. The second-order valence-corrected chi connectivity index (χ2v) is 9.12. The van der Waals surface area contributed by atoms with Crippen molar-refractivity contribution in [1.29, 1.82) is 0 Å². The van der Waals surface area contributed by atoms with E-state index in [0.717, 1.165) is 32.9 Å². The van der Waals surface area contributed by atoms with E-state index < -0.39 is 0 Å². The van der Waals surface area contributed by atoms with E-state index in [1.807, 2.05) is 41.9 Å². The summed E-state index contributed by atoms with van der Waals surface area (Å²) in [5.74, 6) is 1.21. The fourth-order valence-corrected chi connectivity index (χ4v) is 5.15. The number of hydrogen-bond acceptors (Lipinski definition) is 3. The van der Waals surface area contributed by atoms with Gasteiger partial charge in [0.15, 0.2) is 0 Å². The van der Waals surface area contributed by atoms with E-state index in [1.54, 1.807) is 0 Å². The Morgan fingerprint density at radius 3 is 2.74 bits per heavy atom. The van der Waals surface area contributed by atoms with Crippen LogP contribution in [0.4, 0.5) is 0 Å². The third-order valence-corrected chi connectivity index (χ3v) is 7.22. The number of halogens is 1. The van der Waals surface area contributed by atoms with Crippen LogP contribution in [-0.2, 0) is 0 Å². The zero-order valence-electron chi connectivity index (χ0n) is 15.8. The van der Waals surface area contributed by atoms with Crippen LogP contribution in [0.2, 0.25) is 5.02 Å². The first kappa shape index (κ1) is 18.5. The van der Waals surface area contributed by atoms with Crippen molar-refractivity contribution in [1.82, 2.24) is 15.1 Å². The molecule has 1 N–H and O–H groups in total. The molecule has 142 valence electrons. The third kappa shape index (κ3) is 3.50. The first-order valence-corrected chi connectivity index (χ1v) is 10.7. The van der Waals surface area contributed by atoms with Gasteiger partial charge < -0.3 is 5.32 Å². The van der Waals surface area contributed by atoms with Crippen molar-refractivity contribution in [2.75, 3.05) is 0 Å². The molecule has 3 aromatic rings. The van der Waals surface area contributed by atoms with E-state index in [1.165, 1.54) is 24.2 Å². The minimum Gasteiger partial charge on any atom is -0.348 e. The smallest absolute Gasteiger partial charge is 0.261 e. The zero-order chi connectivity index (χ0) is 19.1. The molecule has 1 aliphatic rings. The van der Waals surface area contributed by atoms with E-state index >= 15 is 0 Å². The number of carbonyl (C=O) groups excluding carboxylic acids is 1. The Labute approximate surface area is 168 Å². The molecule has 1 amide bonds. The van der Waals surface area contributed by atoms with Gasteiger partial charge in [0.1, 0.15) is 4.83 Å². The van der Waals surface area contributed by atoms with Crippen molar-refractivity contribution in [3.05, 3.63) is 45.9 Å². The first-order chi connectivity index (χ1) is 12.9. The highest BCUT2D eigenvalue weighted by atomic mass is 35.5. The number of rotatable bonds is 3. The first-order valence-electron chi connectivity index (χ1n) is 9.50. The Balaban J connectivity index is 1.62. The van der Waals surface area contributed by atoms with E-state index in [9.17, 15) is 4.79 Å². The maximum absolute atomic E-state index is 12.9. The van der Waals surface area contributed by atoms with E-state index in [2.05, 4.69) is 24.3 Å². The summed E-state index contributed by atoms with van der Waals surface area (Å²) in [5.41, 5.74) is 1.87. The van der Waals surface area contributed by atoms with Gasteiger partial charge in [-0.05, 0) is 55.5 Å². The number of amides is 1. The molecule has 4 nitrogen and oxygen atoms in total. The van der Waals surface area contributed by atoms with Gasteiger partial charge in [0.2, 0.25) is 0 Å². The summed E-state index contributed by atoms with van der Waals surface area (Å²) in [4.78, 5) is 14.6. The number of hydrogen-bond donors (Lipinski definition) is 1. The molecule has 27 heavy (non-hydrogen) atoms. The number of thiophene rings is 1. The van der Waals surface area contributed by atoms with Crippen LogP contribution in [0.5, 0.6) is 0 Å². The van der Waals surface area contributed by atoms with Gasteiger partial charge in [-0.2, -0.15) is 5.10 Å². The lowest BCUT2D eigenvalue weighted by atomic mass is 9.78. The quantitative estimate of drug-likeness (QED) is 0.620. The van der Waals surface area contributed by atoms with Gasteiger partial charge in [-0.25, -0.2) is 4.68 Å². The number of fused-ring (bicyclic) bond motifs is 1. The molecule has 0 bridgehead atoms. The average Bonchev–Trinajstić information content (AvgIpc) is 3.21. The molecule has 0 radical (unpaired) electrons. The van der Waals surface area contributed by atoms with Crippen molar-refractivity contribution in [2.24, 2.45) is 11.8 Å². The number of nitrogens with one attached hydrogen (secondary N) is 1. The molecule has 1 saturated carbocycles. The minimum atomic E-state index is 0.0317. The van der Waals surface area contributed by atoms with E-state index in [4.69, 9.17) is 11.6 Å². The van der Waals surface area contributed by atoms with Gasteiger partial charge in [0.25, 0.3) is 5.91 Å². The Hall–Kier alpha value is -1.85. The van der Waals surface area contributed by atoms with Crippen LogP contribution in [0.1, 0.15) is 48.5 Å². The summed E-state index contributed by atoms with van der Waals surface area (Å²) >= 11 is 7.50. The fourth-order valence-electron chi connectivity index (χ4n) is 3.94. The number of carbonyl (C=O) groups is 1. The predicted octanol–water partition coefficient (Wildman–Crippen LogP) is 5.60. The molecule has 4 rings (SSSR count). The van der Waals surface area contributed by atoms with Gasteiger partial charge >= 0.3 is 0 Å². The molecule has 3 atom stereocenters. The van der Waals surface area contributed by atoms with Crippen LogP contribution in [0.15, 0.2) is 30.3 Å². The molecule has 1 aromatic carbocycles. The summed E-state index contributed by atoms with van der Waals surface area (Å²) in [6, 6.07) is 9.83. The molecule has 2 aromatic heterocycles. The lowest BCUT2D eigenvalue weighted by molar-refractivity contribution is 0.0895. The van der Waals surface area contributed by atoms with E-state index in [0.29, 0.717) is 16.9 Å². The predicted molar refractivity (Wildman–Crippen MR) is 112 cm³/mol. The molecule has 1 aliphatic carbocycles. The Kier molecular flexibility index (Phi) is 4.99. The van der Waals surface area contributed by atoms with Crippen LogP contribution in [0.3, 0.4) is 0 Å². The summed E-state index contributed by atoms with van der Waals surface area (Å²) < 4.78 is 1.90. The van der Waals surface area contributed by atoms with Crippen LogP contribution in [0, 0.1) is 18.8 Å². The molecule has 0 aliphatic heterocycles. The highest BCUT2D eigenvalue weighted by Crippen LogP contribution is 2.32. The van der Waals surface area contributed by atoms with Crippen LogP contribution in [0.25, 0.3) is 15.9 Å². The maximum atomic E-state index is 12.9. The number of aryl methyl sites for hydroxylation is 1. The van der Waals surface area contributed by atoms with Crippen LogP contribution >= 0.6 is 22.9 Å². The topological polar surface area (TPSA) is 46.9 Å². The molecule has 0 unspecified atom stereocenters. The molecule has 1 fully saturated rings. The van der Waals surface area contributed by atoms with Gasteiger partial charge in [0, 0.05) is 16.5 Å². The molecule has 0 saturated heterocycles. The normalized spacial score (nSPS) is 22.9. The Bertz CT molecular complexity index is 975. The van der Waals surface area contributed by atoms with E-state index in [-0.39, 0.29) is 11.9 Å². The standard InChI is InChI=1S/C21H24ClN3OS/c1-12-5-4-6-18(13(12)2)23-20(26)19-11-17-14(3)24-25(21(17)27-19)16-9-7-15(22)8-10-16/h7-13,18H,4-6H2,1-3H3,(H,23,26)/t12-,13-,18-/m0/s1. The summed E-state index contributed by atoms with van der Waals surface area (Å²) in [6.07, 6.45) is 3.51. The Morgan fingerprint density at radius 1 is 1.26 bits per heavy atom. The monoisotopic (exact) mass is 401 g/mol. The zero-order valence-corrected chi connectivity index (χ0v) is 17.4. The van der Waals surface area contributed by atoms with Crippen molar-refractivity contribution in [3.63, 3.8) is 0 Å². The van der Waals surface area contributed by atoms with Crippen molar-refractivity contribution >= 4 is 39.1 Å². The largest absolute Gasteiger partial charge is 0.348 e. The van der Waals surface area contributed by atoms with Crippen molar-refractivity contribution < 1.29 is 4.79 Å². The van der Waals surface area contributed by atoms with Crippen molar-refractivity contribution in [3.8, 4) is 5.69 Å². The lowest BCUT2D eigenvalue weighted by Crippen LogP contribution is -2.43.